The van der Waals surface area contributed by atoms with Gasteiger partial charge in [0.05, 0.1) is 23.0 Å². The fourth-order valence-electron chi connectivity index (χ4n) is 2.42. The fourth-order valence-corrected chi connectivity index (χ4v) is 3.30. The van der Waals surface area contributed by atoms with Gasteiger partial charge in [0.1, 0.15) is 6.61 Å². The van der Waals surface area contributed by atoms with Crippen LogP contribution in [0.5, 0.6) is 0 Å². The lowest BCUT2D eigenvalue weighted by atomic mass is 10.3. The molecule has 0 radical (unpaired) electrons. The molecule has 3 rings (SSSR count). The van der Waals surface area contributed by atoms with E-state index < -0.39 is 11.9 Å². The molecule has 0 atom stereocenters. The summed E-state index contributed by atoms with van der Waals surface area (Å²) >= 11 is 7.24. The van der Waals surface area contributed by atoms with Crippen LogP contribution in [0, 0.1) is 13.8 Å². The second-order valence-electron chi connectivity index (χ2n) is 5.78. The van der Waals surface area contributed by atoms with Crippen molar-refractivity contribution in [3.63, 3.8) is 0 Å². The van der Waals surface area contributed by atoms with Crippen molar-refractivity contribution in [2.75, 3.05) is 6.61 Å². The third-order valence-electron chi connectivity index (χ3n) is 3.60. The van der Waals surface area contributed by atoms with Crippen molar-refractivity contribution in [3.8, 4) is 5.82 Å². The number of carbonyl (C=O) groups excluding carboxylic acids is 2. The number of halogens is 1. The Kier molecular flexibility index (Phi) is 6.05. The van der Waals surface area contributed by atoms with Gasteiger partial charge in [-0.05, 0) is 39.0 Å². The predicted octanol–water partition coefficient (Wildman–Crippen LogP) is 3.53. The molecule has 0 amide bonds. The zero-order chi connectivity index (χ0) is 20.3. The summed E-state index contributed by atoms with van der Waals surface area (Å²) in [7, 11) is 0. The molecule has 0 saturated carbocycles. The Labute approximate surface area is 170 Å². The quantitative estimate of drug-likeness (QED) is 0.562. The lowest BCUT2D eigenvalue weighted by Gasteiger charge is -2.08. The second-order valence-corrected chi connectivity index (χ2v) is 7.04. The molecule has 3 aromatic rings. The Bertz CT molecular complexity index is 1030. The molecule has 0 saturated heterocycles. The number of hydrogen-bond donors (Lipinski definition) is 0. The number of aryl methyl sites for hydroxylation is 2. The van der Waals surface area contributed by atoms with Crippen LogP contribution in [-0.2, 0) is 16.1 Å². The third-order valence-corrected chi connectivity index (χ3v) is 4.78. The maximum atomic E-state index is 12.4. The van der Waals surface area contributed by atoms with Gasteiger partial charge in [0.15, 0.2) is 11.5 Å². The first kappa shape index (κ1) is 20.0. The molecule has 3 heterocycles. The molecule has 10 heteroatoms. The Hall–Kier alpha value is -2.78. The maximum Gasteiger partial charge on any atom is 0.367 e. The van der Waals surface area contributed by atoms with Gasteiger partial charge < -0.3 is 9.47 Å². The fraction of sp³-hybridized carbons (Fsp3) is 0.278. The zero-order valence-electron chi connectivity index (χ0n) is 15.4. The van der Waals surface area contributed by atoms with Crippen LogP contribution in [0.15, 0.2) is 23.6 Å². The van der Waals surface area contributed by atoms with Crippen LogP contribution in [-0.4, -0.2) is 38.3 Å². The van der Waals surface area contributed by atoms with Gasteiger partial charge in [-0.1, -0.05) is 11.6 Å². The summed E-state index contributed by atoms with van der Waals surface area (Å²) in [6, 6.07) is 5.14. The molecule has 8 nitrogen and oxygen atoms in total. The molecule has 3 aromatic heterocycles. The largest absolute Gasteiger partial charge is 0.461 e. The van der Waals surface area contributed by atoms with Crippen LogP contribution in [0.2, 0.25) is 5.02 Å². The van der Waals surface area contributed by atoms with Crippen LogP contribution < -0.4 is 0 Å². The number of nitrogens with zero attached hydrogens (tertiary/aromatic N) is 4. The van der Waals surface area contributed by atoms with Crippen LogP contribution in [0.4, 0.5) is 0 Å². The van der Waals surface area contributed by atoms with Crippen LogP contribution in [0.1, 0.15) is 44.3 Å². The summed E-state index contributed by atoms with van der Waals surface area (Å²) in [6.07, 6.45) is 0. The molecule has 0 spiro atoms. The van der Waals surface area contributed by atoms with Gasteiger partial charge in [-0.2, -0.15) is 5.10 Å². The van der Waals surface area contributed by atoms with Crippen molar-refractivity contribution in [2.45, 2.75) is 27.4 Å². The van der Waals surface area contributed by atoms with Gasteiger partial charge in [0, 0.05) is 11.1 Å². The Morgan fingerprint density at radius 1 is 1.18 bits per heavy atom. The number of rotatable bonds is 6. The van der Waals surface area contributed by atoms with Gasteiger partial charge >= 0.3 is 11.9 Å². The highest BCUT2D eigenvalue weighted by molar-refractivity contribution is 7.11. The number of aromatic nitrogens is 4. The number of thiazole rings is 1. The van der Waals surface area contributed by atoms with E-state index in [9.17, 15) is 9.59 Å². The minimum atomic E-state index is -0.695. The van der Waals surface area contributed by atoms with E-state index in [1.807, 2.05) is 19.9 Å². The highest BCUT2D eigenvalue weighted by Gasteiger charge is 2.18. The Balaban J connectivity index is 1.73. The molecular formula is C18H17ClN4O4S. The summed E-state index contributed by atoms with van der Waals surface area (Å²) in [4.78, 5) is 32.5. The van der Waals surface area contributed by atoms with Gasteiger partial charge in [-0.3, -0.25) is 0 Å². The minimum Gasteiger partial charge on any atom is -0.461 e. The minimum absolute atomic E-state index is 0.0208. The molecule has 0 aliphatic carbocycles. The molecule has 0 bridgehead atoms. The van der Waals surface area contributed by atoms with Gasteiger partial charge in [0.2, 0.25) is 5.01 Å². The van der Waals surface area contributed by atoms with Crippen molar-refractivity contribution < 1.29 is 19.1 Å². The molecule has 0 aliphatic rings. The maximum absolute atomic E-state index is 12.4. The van der Waals surface area contributed by atoms with Crippen LogP contribution in [0.25, 0.3) is 5.82 Å². The van der Waals surface area contributed by atoms with Gasteiger partial charge in [0.25, 0.3) is 0 Å². The summed E-state index contributed by atoms with van der Waals surface area (Å²) in [5.74, 6) is -0.744. The Morgan fingerprint density at radius 3 is 2.64 bits per heavy atom. The molecule has 0 aromatic carbocycles. The van der Waals surface area contributed by atoms with Gasteiger partial charge in [-0.15, -0.1) is 11.3 Å². The zero-order valence-corrected chi connectivity index (χ0v) is 17.0. The predicted molar refractivity (Wildman–Crippen MR) is 103 cm³/mol. The summed E-state index contributed by atoms with van der Waals surface area (Å²) in [5, 5.41) is 6.34. The smallest absolute Gasteiger partial charge is 0.367 e. The monoisotopic (exact) mass is 420 g/mol. The SMILES string of the molecule is CCOC(=O)c1nc(COC(=O)c2nc(-n3nc(C)cc3C)ccc2Cl)cs1. The van der Waals surface area contributed by atoms with E-state index >= 15 is 0 Å². The molecule has 146 valence electrons. The molecule has 0 N–H and O–H groups in total. The van der Waals surface area contributed by atoms with Gasteiger partial charge in [-0.25, -0.2) is 24.2 Å². The van der Waals surface area contributed by atoms with E-state index in [4.69, 9.17) is 21.1 Å². The summed E-state index contributed by atoms with van der Waals surface area (Å²) in [5.41, 5.74) is 2.12. The average Bonchev–Trinajstić information content (AvgIpc) is 3.26. The molecule has 0 aliphatic heterocycles. The van der Waals surface area contributed by atoms with Crippen molar-refractivity contribution >= 4 is 34.9 Å². The summed E-state index contributed by atoms with van der Waals surface area (Å²) < 4.78 is 11.8. The van der Waals surface area contributed by atoms with E-state index in [1.165, 1.54) is 0 Å². The number of pyridine rings is 1. The standard InChI is InChI=1S/C18H17ClN4O4S/c1-4-26-18(25)16-20-12(9-28-16)8-27-17(24)15-13(19)5-6-14(21-15)23-11(3)7-10(2)22-23/h5-7,9H,4,8H2,1-3H3. The van der Waals surface area contributed by atoms with Crippen molar-refractivity contribution in [1.82, 2.24) is 19.7 Å². The number of hydrogen-bond acceptors (Lipinski definition) is 8. The first-order valence-electron chi connectivity index (χ1n) is 8.38. The average molecular weight is 421 g/mol. The topological polar surface area (TPSA) is 96.2 Å². The lowest BCUT2D eigenvalue weighted by molar-refractivity contribution is 0.0461. The van der Waals surface area contributed by atoms with E-state index in [0.29, 0.717) is 11.5 Å². The first-order chi connectivity index (χ1) is 13.4. The number of ether oxygens (including phenoxy) is 2. The highest BCUT2D eigenvalue weighted by atomic mass is 35.5. The van der Waals surface area contributed by atoms with Crippen molar-refractivity contribution in [1.29, 1.82) is 0 Å². The Morgan fingerprint density at radius 2 is 1.96 bits per heavy atom. The van der Waals surface area contributed by atoms with E-state index in [0.717, 1.165) is 22.7 Å². The van der Waals surface area contributed by atoms with E-state index in [1.54, 1.807) is 29.1 Å². The second kappa shape index (κ2) is 8.49. The van der Waals surface area contributed by atoms with Crippen molar-refractivity contribution in [3.05, 3.63) is 56.4 Å². The molecular weight excluding hydrogens is 404 g/mol. The number of carbonyl (C=O) groups is 2. The third kappa shape index (κ3) is 4.37. The van der Waals surface area contributed by atoms with Crippen LogP contribution >= 0.6 is 22.9 Å². The first-order valence-corrected chi connectivity index (χ1v) is 9.63. The lowest BCUT2D eigenvalue weighted by Crippen LogP contribution is -2.12. The van der Waals surface area contributed by atoms with E-state index in [2.05, 4.69) is 15.1 Å². The normalized spacial score (nSPS) is 10.7. The molecule has 0 fully saturated rings. The number of esters is 2. The van der Waals surface area contributed by atoms with E-state index in [-0.39, 0.29) is 28.9 Å². The molecule has 0 unspecified atom stereocenters. The molecule has 28 heavy (non-hydrogen) atoms. The van der Waals surface area contributed by atoms with Crippen molar-refractivity contribution in [2.24, 2.45) is 0 Å². The highest BCUT2D eigenvalue weighted by Crippen LogP contribution is 2.19. The van der Waals surface area contributed by atoms with Crippen LogP contribution in [0.3, 0.4) is 0 Å². The summed E-state index contributed by atoms with van der Waals surface area (Å²) in [6.45, 7) is 5.62.